The van der Waals surface area contributed by atoms with Crippen LogP contribution >= 0.6 is 0 Å². The van der Waals surface area contributed by atoms with Crippen LogP contribution in [0.25, 0.3) is 0 Å². The van der Waals surface area contributed by atoms with Gasteiger partial charge in [0.05, 0.1) is 0 Å². The third-order valence-corrected chi connectivity index (χ3v) is 2.18. The summed E-state index contributed by atoms with van der Waals surface area (Å²) in [6.07, 6.45) is 0.977. The van der Waals surface area contributed by atoms with Crippen molar-refractivity contribution in [3.05, 3.63) is 11.7 Å². The first-order valence-electron chi connectivity index (χ1n) is 4.70. The average Bonchev–Trinajstić information content (AvgIpc) is 2.64. The fourth-order valence-electron chi connectivity index (χ4n) is 0.940. The van der Waals surface area contributed by atoms with Crippen LogP contribution in [0.15, 0.2) is 4.52 Å². The van der Waals surface area contributed by atoms with E-state index in [2.05, 4.69) is 17.1 Å². The zero-order chi connectivity index (χ0) is 9.84. The van der Waals surface area contributed by atoms with Crippen molar-refractivity contribution in [1.82, 2.24) is 10.1 Å². The van der Waals surface area contributed by atoms with E-state index in [1.54, 1.807) is 0 Å². The third kappa shape index (κ3) is 2.28. The van der Waals surface area contributed by atoms with Crippen LogP contribution in [0.1, 0.15) is 57.3 Å². The predicted octanol–water partition coefficient (Wildman–Crippen LogP) is 2.03. The van der Waals surface area contributed by atoms with E-state index in [1.165, 1.54) is 0 Å². The smallest absolute Gasteiger partial charge is 0.229 e. The molecule has 13 heavy (non-hydrogen) atoms. The van der Waals surface area contributed by atoms with Crippen molar-refractivity contribution in [2.75, 3.05) is 0 Å². The summed E-state index contributed by atoms with van der Waals surface area (Å²) < 4.78 is 5.02. The maximum atomic E-state index is 9.41. The summed E-state index contributed by atoms with van der Waals surface area (Å²) in [5.41, 5.74) is 0. The van der Waals surface area contributed by atoms with Crippen molar-refractivity contribution >= 4 is 0 Å². The van der Waals surface area contributed by atoms with Gasteiger partial charge in [0, 0.05) is 5.92 Å². The van der Waals surface area contributed by atoms with Crippen molar-refractivity contribution in [3.63, 3.8) is 0 Å². The molecule has 1 N–H and O–H groups in total. The summed E-state index contributed by atoms with van der Waals surface area (Å²) in [7, 11) is 0. The summed E-state index contributed by atoms with van der Waals surface area (Å²) in [5, 5.41) is 13.1. The Balaban J connectivity index is 2.74. The summed E-state index contributed by atoms with van der Waals surface area (Å²) in [6, 6.07) is 0. The van der Waals surface area contributed by atoms with Crippen LogP contribution < -0.4 is 0 Å². The minimum atomic E-state index is -0.596. The Morgan fingerprint density at radius 1 is 1.38 bits per heavy atom. The number of aliphatic hydroxyl groups excluding tert-OH is 1. The Bertz CT molecular complexity index is 235. The molecule has 1 heterocycles. The van der Waals surface area contributed by atoms with Crippen LogP contribution in [-0.2, 0) is 0 Å². The van der Waals surface area contributed by atoms with Crippen molar-refractivity contribution in [3.8, 4) is 0 Å². The molecule has 2 unspecified atom stereocenters. The Morgan fingerprint density at radius 2 is 2.08 bits per heavy atom. The summed E-state index contributed by atoms with van der Waals surface area (Å²) in [6.45, 7) is 5.96. The van der Waals surface area contributed by atoms with Gasteiger partial charge in [0.1, 0.15) is 6.10 Å². The summed E-state index contributed by atoms with van der Waals surface area (Å²) >= 11 is 0. The molecular weight excluding hydrogens is 168 g/mol. The predicted molar refractivity (Wildman–Crippen MR) is 48.3 cm³/mol. The standard InChI is InChI=1S/C9H16N2O2/c1-4-6(3)9-10-8(11-13-9)7(12)5-2/h6-7,12H,4-5H2,1-3H3. The molecule has 0 bridgehead atoms. The molecule has 0 amide bonds. The van der Waals surface area contributed by atoms with E-state index in [0.29, 0.717) is 18.1 Å². The lowest BCUT2D eigenvalue weighted by atomic mass is 10.1. The van der Waals surface area contributed by atoms with Gasteiger partial charge in [-0.15, -0.1) is 0 Å². The fourth-order valence-corrected chi connectivity index (χ4v) is 0.940. The van der Waals surface area contributed by atoms with Crippen molar-refractivity contribution in [1.29, 1.82) is 0 Å². The molecule has 4 heteroatoms. The number of aliphatic hydroxyl groups is 1. The Hall–Kier alpha value is -0.900. The highest BCUT2D eigenvalue weighted by molar-refractivity contribution is 4.94. The zero-order valence-electron chi connectivity index (χ0n) is 8.32. The average molecular weight is 184 g/mol. The van der Waals surface area contributed by atoms with Crippen LogP contribution in [0.4, 0.5) is 0 Å². The molecule has 0 saturated heterocycles. The van der Waals surface area contributed by atoms with Crippen LogP contribution in [0, 0.1) is 0 Å². The third-order valence-electron chi connectivity index (χ3n) is 2.18. The molecule has 2 atom stereocenters. The van der Waals surface area contributed by atoms with E-state index < -0.39 is 6.10 Å². The first-order chi connectivity index (χ1) is 6.19. The van der Waals surface area contributed by atoms with Gasteiger partial charge in [-0.1, -0.05) is 25.9 Å². The van der Waals surface area contributed by atoms with Gasteiger partial charge >= 0.3 is 0 Å². The molecule has 1 aromatic heterocycles. The second-order valence-corrected chi connectivity index (χ2v) is 3.22. The van der Waals surface area contributed by atoms with Gasteiger partial charge in [0.2, 0.25) is 5.89 Å². The minimum Gasteiger partial charge on any atom is -0.385 e. The summed E-state index contributed by atoms with van der Waals surface area (Å²) in [4.78, 5) is 4.12. The molecular formula is C9H16N2O2. The normalized spacial score (nSPS) is 15.7. The van der Waals surface area contributed by atoms with E-state index in [4.69, 9.17) is 4.52 Å². The quantitative estimate of drug-likeness (QED) is 0.777. The van der Waals surface area contributed by atoms with E-state index in [0.717, 1.165) is 6.42 Å². The molecule has 1 aromatic rings. The lowest BCUT2D eigenvalue weighted by molar-refractivity contribution is 0.159. The Morgan fingerprint density at radius 3 is 2.62 bits per heavy atom. The van der Waals surface area contributed by atoms with Crippen LogP contribution in [0.3, 0.4) is 0 Å². The number of rotatable bonds is 4. The largest absolute Gasteiger partial charge is 0.385 e. The van der Waals surface area contributed by atoms with E-state index in [1.807, 2.05) is 13.8 Å². The molecule has 0 aliphatic rings. The Kier molecular flexibility index (Phi) is 3.42. The van der Waals surface area contributed by atoms with E-state index in [-0.39, 0.29) is 5.92 Å². The van der Waals surface area contributed by atoms with Gasteiger partial charge in [-0.25, -0.2) is 0 Å². The number of nitrogens with zero attached hydrogens (tertiary/aromatic N) is 2. The van der Waals surface area contributed by atoms with E-state index >= 15 is 0 Å². The second kappa shape index (κ2) is 4.37. The molecule has 0 fully saturated rings. The molecule has 0 aromatic carbocycles. The second-order valence-electron chi connectivity index (χ2n) is 3.22. The summed E-state index contributed by atoms with van der Waals surface area (Å²) in [5.74, 6) is 1.29. The maximum absolute atomic E-state index is 9.41. The highest BCUT2D eigenvalue weighted by atomic mass is 16.5. The molecule has 4 nitrogen and oxygen atoms in total. The highest BCUT2D eigenvalue weighted by Gasteiger charge is 2.16. The molecule has 1 rings (SSSR count). The Labute approximate surface area is 78.0 Å². The number of hydrogen-bond acceptors (Lipinski definition) is 4. The van der Waals surface area contributed by atoms with E-state index in [9.17, 15) is 5.11 Å². The van der Waals surface area contributed by atoms with Gasteiger partial charge in [0.15, 0.2) is 5.82 Å². The van der Waals surface area contributed by atoms with Gasteiger partial charge in [-0.05, 0) is 12.8 Å². The zero-order valence-corrected chi connectivity index (χ0v) is 8.32. The van der Waals surface area contributed by atoms with Gasteiger partial charge in [-0.2, -0.15) is 4.98 Å². The van der Waals surface area contributed by atoms with Crippen LogP contribution in [0.2, 0.25) is 0 Å². The molecule has 74 valence electrons. The monoisotopic (exact) mass is 184 g/mol. The fraction of sp³-hybridized carbons (Fsp3) is 0.778. The first-order valence-corrected chi connectivity index (χ1v) is 4.70. The van der Waals surface area contributed by atoms with Crippen LogP contribution in [0.5, 0.6) is 0 Å². The molecule has 0 spiro atoms. The van der Waals surface area contributed by atoms with Crippen molar-refractivity contribution in [2.24, 2.45) is 0 Å². The lowest BCUT2D eigenvalue weighted by Gasteiger charge is -2.00. The van der Waals surface area contributed by atoms with Crippen molar-refractivity contribution < 1.29 is 9.63 Å². The van der Waals surface area contributed by atoms with Crippen LogP contribution in [-0.4, -0.2) is 15.2 Å². The molecule has 0 radical (unpaired) electrons. The molecule has 0 aliphatic heterocycles. The minimum absolute atomic E-state index is 0.269. The molecule has 0 saturated carbocycles. The molecule has 0 aliphatic carbocycles. The number of aromatic nitrogens is 2. The lowest BCUT2D eigenvalue weighted by Crippen LogP contribution is -1.98. The maximum Gasteiger partial charge on any atom is 0.229 e. The number of hydrogen-bond donors (Lipinski definition) is 1. The van der Waals surface area contributed by atoms with Gasteiger partial charge in [0.25, 0.3) is 0 Å². The van der Waals surface area contributed by atoms with Gasteiger partial charge in [-0.3, -0.25) is 0 Å². The van der Waals surface area contributed by atoms with Gasteiger partial charge < -0.3 is 9.63 Å². The first kappa shape index (κ1) is 10.2. The SMILES string of the molecule is CCC(C)c1nc(C(O)CC)no1. The highest BCUT2D eigenvalue weighted by Crippen LogP contribution is 2.19. The van der Waals surface area contributed by atoms with Crippen molar-refractivity contribution in [2.45, 2.75) is 45.6 Å². The topological polar surface area (TPSA) is 59.2 Å².